The maximum Gasteiger partial charge on any atom is 0.294 e. The molecule has 1 amide bonds. The molecule has 0 aliphatic rings. The molecule has 1 aromatic heterocycles. The lowest BCUT2D eigenvalue weighted by atomic mass is 10.1. The number of aryl methyl sites for hydroxylation is 1. The predicted molar refractivity (Wildman–Crippen MR) is 76.9 cm³/mol. The van der Waals surface area contributed by atoms with Crippen LogP contribution in [-0.4, -0.2) is 20.6 Å². The van der Waals surface area contributed by atoms with Gasteiger partial charge in [0.25, 0.3) is 11.6 Å². The van der Waals surface area contributed by atoms with Crippen molar-refractivity contribution in [1.82, 2.24) is 15.1 Å². The molecule has 2 rings (SSSR count). The summed E-state index contributed by atoms with van der Waals surface area (Å²) in [5.41, 5.74) is 5.68. The van der Waals surface area contributed by atoms with E-state index in [2.05, 4.69) is 10.4 Å². The highest BCUT2D eigenvalue weighted by Gasteiger charge is 2.19. The summed E-state index contributed by atoms with van der Waals surface area (Å²) in [4.78, 5) is 22.2. The number of nitro benzene ring substituents is 1. The van der Waals surface area contributed by atoms with E-state index in [4.69, 9.17) is 17.3 Å². The third kappa shape index (κ3) is 3.29. The van der Waals surface area contributed by atoms with Crippen LogP contribution in [-0.2, 0) is 13.6 Å². The fraction of sp³-hybridized carbons (Fsp3) is 0.167. The van der Waals surface area contributed by atoms with Gasteiger partial charge in [0.15, 0.2) is 0 Å². The number of nitrogens with two attached hydrogens (primary N) is 1. The van der Waals surface area contributed by atoms with Crippen LogP contribution >= 0.6 is 11.6 Å². The second-order valence-electron chi connectivity index (χ2n) is 4.31. The molecule has 0 saturated carbocycles. The molecular weight excluding hydrogens is 298 g/mol. The third-order valence-corrected chi connectivity index (χ3v) is 3.08. The summed E-state index contributed by atoms with van der Waals surface area (Å²) >= 11 is 5.80. The summed E-state index contributed by atoms with van der Waals surface area (Å²) in [6.07, 6.45) is 1.74. The van der Waals surface area contributed by atoms with Gasteiger partial charge in [0.05, 0.1) is 22.2 Å². The van der Waals surface area contributed by atoms with Crippen LogP contribution in [0.2, 0.25) is 5.02 Å². The Balaban J connectivity index is 2.17. The zero-order valence-electron chi connectivity index (χ0n) is 11.0. The number of benzene rings is 1. The molecule has 0 aliphatic carbocycles. The van der Waals surface area contributed by atoms with Crippen molar-refractivity contribution in [2.24, 2.45) is 7.05 Å². The first-order chi connectivity index (χ1) is 9.88. The van der Waals surface area contributed by atoms with Crippen LogP contribution in [0.3, 0.4) is 0 Å². The Bertz CT molecular complexity index is 713. The summed E-state index contributed by atoms with van der Waals surface area (Å²) in [7, 11) is 1.76. The van der Waals surface area contributed by atoms with Gasteiger partial charge in [-0.25, -0.2) is 0 Å². The number of halogens is 1. The molecular formula is C12H12ClN5O3. The second-order valence-corrected chi connectivity index (χ2v) is 4.72. The predicted octanol–water partition coefficient (Wildman–Crippen LogP) is 1.49. The van der Waals surface area contributed by atoms with Gasteiger partial charge in [-0.15, -0.1) is 0 Å². The number of carbonyl (C=O) groups is 1. The summed E-state index contributed by atoms with van der Waals surface area (Å²) in [6, 6.07) is 4.13. The van der Waals surface area contributed by atoms with E-state index in [9.17, 15) is 14.9 Å². The van der Waals surface area contributed by atoms with Crippen LogP contribution in [0.15, 0.2) is 24.4 Å². The molecule has 0 saturated heterocycles. The average molecular weight is 310 g/mol. The Morgan fingerprint density at radius 1 is 1.57 bits per heavy atom. The number of nitrogens with one attached hydrogen (secondary N) is 1. The second kappa shape index (κ2) is 5.80. The number of nitrogen functional groups attached to an aromatic ring is 1. The number of carbonyl (C=O) groups excluding carboxylic acids is 1. The molecule has 8 nitrogen and oxygen atoms in total. The van der Waals surface area contributed by atoms with E-state index in [1.807, 2.05) is 0 Å². The van der Waals surface area contributed by atoms with Crippen molar-refractivity contribution in [2.75, 3.05) is 5.73 Å². The minimum atomic E-state index is -0.684. The normalized spacial score (nSPS) is 10.4. The highest BCUT2D eigenvalue weighted by Crippen LogP contribution is 2.30. The molecule has 2 aromatic rings. The number of hydrogen-bond donors (Lipinski definition) is 2. The monoisotopic (exact) mass is 309 g/mol. The average Bonchev–Trinajstić information content (AvgIpc) is 2.84. The van der Waals surface area contributed by atoms with Gasteiger partial charge < -0.3 is 11.1 Å². The Hall–Kier alpha value is -2.61. The zero-order valence-corrected chi connectivity index (χ0v) is 11.8. The highest BCUT2D eigenvalue weighted by atomic mass is 35.5. The number of hydrogen-bond acceptors (Lipinski definition) is 5. The topological polar surface area (TPSA) is 116 Å². The molecule has 21 heavy (non-hydrogen) atoms. The first kappa shape index (κ1) is 14.8. The Labute approximate surface area is 124 Å². The number of amides is 1. The van der Waals surface area contributed by atoms with Gasteiger partial charge in [-0.05, 0) is 12.1 Å². The molecule has 3 N–H and O–H groups in total. The molecule has 0 radical (unpaired) electrons. The van der Waals surface area contributed by atoms with E-state index in [0.29, 0.717) is 5.69 Å². The quantitative estimate of drug-likeness (QED) is 0.504. The summed E-state index contributed by atoms with van der Waals surface area (Å²) in [5, 5.41) is 17.5. The summed E-state index contributed by atoms with van der Waals surface area (Å²) < 4.78 is 1.60. The molecule has 0 atom stereocenters. The number of rotatable bonds is 4. The van der Waals surface area contributed by atoms with Gasteiger partial charge in [-0.2, -0.15) is 5.10 Å². The number of aromatic nitrogens is 2. The molecule has 1 heterocycles. The van der Waals surface area contributed by atoms with Crippen LogP contribution in [0, 0.1) is 10.1 Å². The van der Waals surface area contributed by atoms with Crippen molar-refractivity contribution < 1.29 is 9.72 Å². The lowest BCUT2D eigenvalue weighted by Gasteiger charge is -2.06. The van der Waals surface area contributed by atoms with Crippen LogP contribution < -0.4 is 11.1 Å². The number of nitro groups is 1. The van der Waals surface area contributed by atoms with Crippen molar-refractivity contribution in [3.8, 4) is 0 Å². The highest BCUT2D eigenvalue weighted by molar-refractivity contribution is 6.34. The van der Waals surface area contributed by atoms with Crippen molar-refractivity contribution in [1.29, 1.82) is 0 Å². The van der Waals surface area contributed by atoms with E-state index < -0.39 is 16.5 Å². The minimum Gasteiger partial charge on any atom is -0.392 e. The first-order valence-corrected chi connectivity index (χ1v) is 6.26. The van der Waals surface area contributed by atoms with E-state index in [1.54, 1.807) is 24.0 Å². The maximum atomic E-state index is 12.0. The Morgan fingerprint density at radius 3 is 2.86 bits per heavy atom. The molecule has 0 unspecified atom stereocenters. The lowest BCUT2D eigenvalue weighted by molar-refractivity contribution is -0.383. The van der Waals surface area contributed by atoms with Crippen molar-refractivity contribution in [2.45, 2.75) is 6.54 Å². The van der Waals surface area contributed by atoms with E-state index >= 15 is 0 Å². The third-order valence-electron chi connectivity index (χ3n) is 2.77. The van der Waals surface area contributed by atoms with Crippen molar-refractivity contribution in [3.63, 3.8) is 0 Å². The maximum absolute atomic E-state index is 12.0. The molecule has 0 spiro atoms. The van der Waals surface area contributed by atoms with Crippen LogP contribution in [0.25, 0.3) is 0 Å². The Morgan fingerprint density at radius 2 is 2.29 bits per heavy atom. The molecule has 0 fully saturated rings. The SMILES string of the molecule is Cn1ccc(CNC(=O)c2cc(Cl)c(N)c([N+](=O)[O-])c2)n1. The van der Waals surface area contributed by atoms with Crippen molar-refractivity contribution >= 4 is 28.9 Å². The molecule has 0 bridgehead atoms. The van der Waals surface area contributed by atoms with E-state index in [-0.39, 0.29) is 22.8 Å². The smallest absolute Gasteiger partial charge is 0.294 e. The molecule has 0 aliphatic heterocycles. The number of anilines is 1. The molecule has 110 valence electrons. The zero-order chi connectivity index (χ0) is 15.6. The first-order valence-electron chi connectivity index (χ1n) is 5.88. The van der Waals surface area contributed by atoms with Crippen LogP contribution in [0.1, 0.15) is 16.1 Å². The van der Waals surface area contributed by atoms with Gasteiger partial charge in [0.1, 0.15) is 5.69 Å². The van der Waals surface area contributed by atoms with Gasteiger partial charge >= 0.3 is 0 Å². The summed E-state index contributed by atoms with van der Waals surface area (Å²) in [5.74, 6) is -0.495. The van der Waals surface area contributed by atoms with Crippen LogP contribution in [0.5, 0.6) is 0 Å². The van der Waals surface area contributed by atoms with Gasteiger partial charge in [0.2, 0.25) is 0 Å². The van der Waals surface area contributed by atoms with E-state index in [0.717, 1.165) is 6.07 Å². The number of nitrogens with zero attached hydrogens (tertiary/aromatic N) is 3. The van der Waals surface area contributed by atoms with Gasteiger partial charge in [-0.1, -0.05) is 11.6 Å². The Kier molecular flexibility index (Phi) is 4.08. The van der Waals surface area contributed by atoms with Crippen molar-refractivity contribution in [3.05, 3.63) is 50.8 Å². The van der Waals surface area contributed by atoms with Gasteiger partial charge in [0, 0.05) is 24.9 Å². The largest absolute Gasteiger partial charge is 0.392 e. The molecule has 1 aromatic carbocycles. The summed E-state index contributed by atoms with van der Waals surface area (Å²) in [6.45, 7) is 0.204. The molecule has 9 heteroatoms. The van der Waals surface area contributed by atoms with Crippen LogP contribution in [0.4, 0.5) is 11.4 Å². The minimum absolute atomic E-state index is 0.0350. The van der Waals surface area contributed by atoms with Gasteiger partial charge in [-0.3, -0.25) is 19.6 Å². The lowest BCUT2D eigenvalue weighted by Crippen LogP contribution is -2.23. The fourth-order valence-corrected chi connectivity index (χ4v) is 1.93. The standard InChI is InChI=1S/C12H12ClN5O3/c1-17-3-2-8(16-17)6-15-12(19)7-4-9(13)11(14)10(5-7)18(20)21/h2-5H,6,14H2,1H3,(H,15,19). The van der Waals surface area contributed by atoms with E-state index in [1.165, 1.54) is 6.07 Å². The fourth-order valence-electron chi connectivity index (χ4n) is 1.72.